The van der Waals surface area contributed by atoms with Crippen LogP contribution in [0.15, 0.2) is 48.5 Å². The first kappa shape index (κ1) is 16.4. The highest BCUT2D eigenvalue weighted by atomic mass is 16.5. The summed E-state index contributed by atoms with van der Waals surface area (Å²) in [7, 11) is 0. The van der Waals surface area contributed by atoms with Gasteiger partial charge in [0.1, 0.15) is 18.1 Å². The predicted molar refractivity (Wildman–Crippen MR) is 97.1 cm³/mol. The van der Waals surface area contributed by atoms with E-state index in [2.05, 4.69) is 29.2 Å². The number of aliphatic hydroxyl groups is 1. The molecule has 0 aliphatic carbocycles. The molecule has 0 unspecified atom stereocenters. The second-order valence-corrected chi connectivity index (χ2v) is 7.07. The largest absolute Gasteiger partial charge is 0.492 e. The lowest BCUT2D eigenvalue weighted by Gasteiger charge is -2.38. The molecule has 4 heteroatoms. The maximum absolute atomic E-state index is 9.12. The van der Waals surface area contributed by atoms with Crippen LogP contribution >= 0.6 is 0 Å². The smallest absolute Gasteiger partial charge is 0.126 e. The Morgan fingerprint density at radius 2 is 1.88 bits per heavy atom. The highest BCUT2D eigenvalue weighted by Crippen LogP contribution is 2.46. The Balaban J connectivity index is 1.44. The average Bonchev–Trinajstić information content (AvgIpc) is 3.01. The molecule has 2 aliphatic rings. The van der Waals surface area contributed by atoms with Crippen molar-refractivity contribution in [3.8, 4) is 11.5 Å². The lowest BCUT2D eigenvalue weighted by molar-refractivity contribution is 0.116. The van der Waals surface area contributed by atoms with Crippen LogP contribution in [0.25, 0.3) is 0 Å². The van der Waals surface area contributed by atoms with E-state index in [0.717, 1.165) is 56.1 Å². The molecule has 132 valence electrons. The molecular formula is C21H25NO3. The normalized spacial score (nSPS) is 18.8. The molecular weight excluding hydrogens is 314 g/mol. The van der Waals surface area contributed by atoms with Crippen molar-refractivity contribution in [2.45, 2.75) is 24.9 Å². The molecule has 0 atom stereocenters. The molecule has 2 aromatic rings. The number of benzene rings is 2. The molecule has 2 heterocycles. The van der Waals surface area contributed by atoms with Gasteiger partial charge in [-0.25, -0.2) is 0 Å². The molecule has 2 aliphatic heterocycles. The van der Waals surface area contributed by atoms with Gasteiger partial charge in [0.15, 0.2) is 0 Å². The third-order valence-corrected chi connectivity index (χ3v) is 5.51. The van der Waals surface area contributed by atoms with E-state index in [-0.39, 0.29) is 12.0 Å². The van der Waals surface area contributed by atoms with Crippen molar-refractivity contribution in [2.24, 2.45) is 0 Å². The van der Waals surface area contributed by atoms with Gasteiger partial charge in [-0.1, -0.05) is 36.4 Å². The maximum atomic E-state index is 9.12. The van der Waals surface area contributed by atoms with E-state index in [4.69, 9.17) is 14.6 Å². The van der Waals surface area contributed by atoms with Gasteiger partial charge in [0, 0.05) is 23.6 Å². The number of piperidine rings is 1. The lowest BCUT2D eigenvalue weighted by Crippen LogP contribution is -2.44. The van der Waals surface area contributed by atoms with Crippen molar-refractivity contribution >= 4 is 0 Å². The number of ether oxygens (including phenoxy) is 2. The first-order chi connectivity index (χ1) is 12.3. The zero-order valence-corrected chi connectivity index (χ0v) is 14.5. The molecule has 1 fully saturated rings. The van der Waals surface area contributed by atoms with Crippen molar-refractivity contribution in [1.82, 2.24) is 4.90 Å². The SMILES string of the molecule is OCCN1CCC2(CC1)COc1cc(OCc3ccccc3)ccc12. The summed E-state index contributed by atoms with van der Waals surface area (Å²) in [6.07, 6.45) is 2.18. The van der Waals surface area contributed by atoms with Crippen LogP contribution in [0.5, 0.6) is 11.5 Å². The van der Waals surface area contributed by atoms with E-state index < -0.39 is 0 Å². The topological polar surface area (TPSA) is 41.9 Å². The van der Waals surface area contributed by atoms with Gasteiger partial charge in [0.2, 0.25) is 0 Å². The van der Waals surface area contributed by atoms with Crippen LogP contribution < -0.4 is 9.47 Å². The summed E-state index contributed by atoms with van der Waals surface area (Å²) < 4.78 is 12.0. The number of hydrogen-bond acceptors (Lipinski definition) is 4. The number of likely N-dealkylation sites (tertiary alicyclic amines) is 1. The molecule has 1 N–H and O–H groups in total. The summed E-state index contributed by atoms with van der Waals surface area (Å²) in [6.45, 7) is 4.39. The Kier molecular flexibility index (Phi) is 4.64. The molecule has 2 aromatic carbocycles. The van der Waals surface area contributed by atoms with Gasteiger partial charge in [0.25, 0.3) is 0 Å². The minimum atomic E-state index is 0.138. The highest BCUT2D eigenvalue weighted by Gasteiger charge is 2.43. The Morgan fingerprint density at radius 1 is 1.08 bits per heavy atom. The van der Waals surface area contributed by atoms with Crippen LogP contribution in [0.4, 0.5) is 0 Å². The minimum absolute atomic E-state index is 0.138. The summed E-state index contributed by atoms with van der Waals surface area (Å²) in [4.78, 5) is 2.33. The van der Waals surface area contributed by atoms with E-state index >= 15 is 0 Å². The molecule has 0 saturated carbocycles. The zero-order valence-electron chi connectivity index (χ0n) is 14.5. The second-order valence-electron chi connectivity index (χ2n) is 7.07. The first-order valence-electron chi connectivity index (χ1n) is 9.06. The van der Waals surface area contributed by atoms with Crippen LogP contribution in [0.1, 0.15) is 24.0 Å². The van der Waals surface area contributed by atoms with Gasteiger partial charge in [-0.15, -0.1) is 0 Å². The van der Waals surface area contributed by atoms with Gasteiger partial charge in [-0.2, -0.15) is 0 Å². The van der Waals surface area contributed by atoms with E-state index in [0.29, 0.717) is 6.61 Å². The third kappa shape index (κ3) is 3.37. The van der Waals surface area contributed by atoms with Gasteiger partial charge in [-0.3, -0.25) is 0 Å². The molecule has 1 spiro atoms. The fraction of sp³-hybridized carbons (Fsp3) is 0.429. The standard InChI is InChI=1S/C21H25NO3/c23-13-12-22-10-8-21(9-11-22)16-25-20-14-18(6-7-19(20)21)24-15-17-4-2-1-3-5-17/h1-7,14,23H,8-13,15-16H2. The fourth-order valence-electron chi connectivity index (χ4n) is 3.94. The molecule has 25 heavy (non-hydrogen) atoms. The van der Waals surface area contributed by atoms with E-state index in [1.165, 1.54) is 5.56 Å². The molecule has 0 radical (unpaired) electrons. The number of β-amino-alcohol motifs (C(OH)–C–C–N with tert-alkyl or cyclic N) is 1. The van der Waals surface area contributed by atoms with Crippen molar-refractivity contribution in [3.05, 3.63) is 59.7 Å². The van der Waals surface area contributed by atoms with Gasteiger partial charge < -0.3 is 19.5 Å². The van der Waals surface area contributed by atoms with Crippen LogP contribution in [0, 0.1) is 0 Å². The molecule has 4 nitrogen and oxygen atoms in total. The first-order valence-corrected chi connectivity index (χ1v) is 9.06. The van der Waals surface area contributed by atoms with E-state index in [1.54, 1.807) is 0 Å². The van der Waals surface area contributed by atoms with Crippen molar-refractivity contribution in [2.75, 3.05) is 32.8 Å². The number of nitrogens with zero attached hydrogens (tertiary/aromatic N) is 1. The van der Waals surface area contributed by atoms with Gasteiger partial charge in [0.05, 0.1) is 13.2 Å². The number of rotatable bonds is 5. The fourth-order valence-corrected chi connectivity index (χ4v) is 3.94. The number of hydrogen-bond donors (Lipinski definition) is 1. The van der Waals surface area contributed by atoms with E-state index in [1.807, 2.05) is 24.3 Å². The van der Waals surface area contributed by atoms with Crippen LogP contribution in [0.2, 0.25) is 0 Å². The Labute approximate surface area is 149 Å². The van der Waals surface area contributed by atoms with Crippen LogP contribution in [-0.2, 0) is 12.0 Å². The van der Waals surface area contributed by atoms with Gasteiger partial charge in [-0.05, 0) is 37.6 Å². The Hall–Kier alpha value is -2.04. The second kappa shape index (κ2) is 7.06. The van der Waals surface area contributed by atoms with Crippen molar-refractivity contribution in [1.29, 1.82) is 0 Å². The van der Waals surface area contributed by atoms with E-state index in [9.17, 15) is 0 Å². The highest BCUT2D eigenvalue weighted by molar-refractivity contribution is 5.48. The number of fused-ring (bicyclic) bond motifs is 2. The molecule has 0 bridgehead atoms. The predicted octanol–water partition coefficient (Wildman–Crippen LogP) is 2.98. The number of aliphatic hydroxyl groups excluding tert-OH is 1. The summed E-state index contributed by atoms with van der Waals surface area (Å²) in [6, 6.07) is 16.5. The monoisotopic (exact) mass is 339 g/mol. The quantitative estimate of drug-likeness (QED) is 0.909. The summed E-state index contributed by atoms with van der Waals surface area (Å²) in [5, 5.41) is 9.12. The molecule has 4 rings (SSSR count). The molecule has 0 aromatic heterocycles. The average molecular weight is 339 g/mol. The zero-order chi connectivity index (χ0) is 17.1. The Bertz CT molecular complexity index is 708. The summed E-state index contributed by atoms with van der Waals surface area (Å²) in [5.41, 5.74) is 2.62. The van der Waals surface area contributed by atoms with Gasteiger partial charge >= 0.3 is 0 Å². The Morgan fingerprint density at radius 3 is 2.64 bits per heavy atom. The lowest BCUT2D eigenvalue weighted by atomic mass is 9.74. The minimum Gasteiger partial charge on any atom is -0.492 e. The van der Waals surface area contributed by atoms with Crippen LogP contribution in [-0.4, -0.2) is 42.9 Å². The molecule has 0 amide bonds. The van der Waals surface area contributed by atoms with Crippen LogP contribution in [0.3, 0.4) is 0 Å². The summed E-state index contributed by atoms with van der Waals surface area (Å²) >= 11 is 0. The molecule has 1 saturated heterocycles. The maximum Gasteiger partial charge on any atom is 0.126 e. The third-order valence-electron chi connectivity index (χ3n) is 5.51. The summed E-state index contributed by atoms with van der Waals surface area (Å²) in [5.74, 6) is 1.83. The van der Waals surface area contributed by atoms with Crippen molar-refractivity contribution in [3.63, 3.8) is 0 Å². The van der Waals surface area contributed by atoms with Crippen molar-refractivity contribution < 1.29 is 14.6 Å².